The summed E-state index contributed by atoms with van der Waals surface area (Å²) in [5, 5.41) is 5.85. The molecule has 2 aromatic heterocycles. The van der Waals surface area contributed by atoms with Crippen LogP contribution in [0.1, 0.15) is 11.4 Å². The second kappa shape index (κ2) is 9.38. The highest BCUT2D eigenvalue weighted by molar-refractivity contribution is 7.95. The third-order valence-electron chi connectivity index (χ3n) is 5.62. The van der Waals surface area contributed by atoms with Crippen LogP contribution in [0.5, 0.6) is 0 Å². The summed E-state index contributed by atoms with van der Waals surface area (Å²) in [5.41, 5.74) is 1.77. The average molecular weight is 477 g/mol. The first kappa shape index (κ1) is 22.4. The van der Waals surface area contributed by atoms with Crippen molar-refractivity contribution in [2.45, 2.75) is 13.1 Å². The summed E-state index contributed by atoms with van der Waals surface area (Å²) in [5.74, 6) is 0. The Bertz CT molecular complexity index is 1290. The Kier molecular flexibility index (Phi) is 6.57. The Balaban J connectivity index is 0.00000245. The third kappa shape index (κ3) is 3.91. The van der Waals surface area contributed by atoms with E-state index in [9.17, 15) is 4.79 Å². The number of fused-ring (bicyclic) bond motifs is 1. The number of hydrogen-bond acceptors (Lipinski definition) is 3. The number of aromatic nitrogens is 2. The monoisotopic (exact) mass is 476 g/mol. The average Bonchev–Trinajstić information content (AvgIpc) is 3.20. The third-order valence-corrected chi connectivity index (χ3v) is 10.9. The van der Waals surface area contributed by atoms with Crippen molar-refractivity contribution in [3.05, 3.63) is 124 Å². The van der Waals surface area contributed by atoms with Gasteiger partial charge >= 0.3 is 0 Å². The van der Waals surface area contributed by atoms with Gasteiger partial charge in [-0.1, -0.05) is 54.6 Å². The highest BCUT2D eigenvalue weighted by Crippen LogP contribution is 2.57. The molecule has 0 radical (unpaired) electrons. The minimum atomic E-state index is -2.07. The van der Waals surface area contributed by atoms with Crippen LogP contribution in [0.25, 0.3) is 4.96 Å². The van der Waals surface area contributed by atoms with Gasteiger partial charge in [-0.2, -0.15) is 0 Å². The highest BCUT2D eigenvalue weighted by Gasteiger charge is 2.46. The Morgan fingerprint density at radius 1 is 0.812 bits per heavy atom. The van der Waals surface area contributed by atoms with E-state index in [0.717, 1.165) is 16.3 Å². The molecule has 0 atom stereocenters. The van der Waals surface area contributed by atoms with Gasteiger partial charge in [-0.25, -0.2) is 4.98 Å². The summed E-state index contributed by atoms with van der Waals surface area (Å²) < 4.78 is 1.70. The number of hydrogen-bond donors (Lipinski definition) is 0. The largest absolute Gasteiger partial charge is 1.00 e. The maximum atomic E-state index is 12.9. The minimum absolute atomic E-state index is 0. The van der Waals surface area contributed by atoms with Crippen LogP contribution in [0.3, 0.4) is 0 Å². The summed E-state index contributed by atoms with van der Waals surface area (Å²) in [7, 11) is -2.07. The molecule has 0 spiro atoms. The molecule has 0 N–H and O–H groups in total. The van der Waals surface area contributed by atoms with Gasteiger partial charge in [-0.05, 0) is 43.3 Å². The van der Waals surface area contributed by atoms with Crippen LogP contribution in [0.4, 0.5) is 0 Å². The first-order valence-corrected chi connectivity index (χ1v) is 13.1. The topological polar surface area (TPSA) is 34.4 Å². The molecule has 0 aliphatic rings. The smallest absolute Gasteiger partial charge is 0.259 e. The summed E-state index contributed by atoms with van der Waals surface area (Å²) >= 11 is 1.52. The van der Waals surface area contributed by atoms with E-state index in [4.69, 9.17) is 4.98 Å². The zero-order valence-corrected chi connectivity index (χ0v) is 20.0. The molecule has 3 aromatic carbocycles. The first-order valence-electron chi connectivity index (χ1n) is 10.2. The second-order valence-corrected chi connectivity index (χ2v) is 11.9. The van der Waals surface area contributed by atoms with E-state index in [1.54, 1.807) is 10.5 Å². The number of thiazole rings is 1. The highest BCUT2D eigenvalue weighted by atomic mass is 35.5. The molecule has 0 saturated heterocycles. The van der Waals surface area contributed by atoms with Gasteiger partial charge in [0.2, 0.25) is 0 Å². The molecule has 0 saturated carbocycles. The Labute approximate surface area is 198 Å². The molecule has 0 aliphatic carbocycles. The molecule has 0 unspecified atom stereocenters. The molecule has 0 aliphatic heterocycles. The standard InChI is InChI=1S/C26H22N2OPS.ClH/c1-20-19-31-26-27-21(17-25(29)28(20)26)18-30(22-11-5-2-6-12-22,23-13-7-3-8-14-23)24-15-9-4-10-16-24;/h2-17,19H,18H2,1H3;1H/q+1;/p-1. The molecular formula is C26H22ClN2OPS. The van der Waals surface area contributed by atoms with Crippen molar-refractivity contribution in [3.63, 3.8) is 0 Å². The zero-order valence-electron chi connectivity index (χ0n) is 17.6. The second-order valence-electron chi connectivity index (χ2n) is 7.56. The van der Waals surface area contributed by atoms with Crippen LogP contribution in [0, 0.1) is 6.92 Å². The Hall–Kier alpha value is -2.78. The van der Waals surface area contributed by atoms with E-state index in [1.807, 2.05) is 12.3 Å². The molecule has 0 amide bonds. The molecule has 0 fully saturated rings. The molecule has 0 bridgehead atoms. The van der Waals surface area contributed by atoms with Crippen molar-refractivity contribution in [3.8, 4) is 0 Å². The van der Waals surface area contributed by atoms with Gasteiger partial charge in [0.15, 0.2) is 4.96 Å². The van der Waals surface area contributed by atoms with Gasteiger partial charge in [0.05, 0.1) is 5.69 Å². The van der Waals surface area contributed by atoms with Crippen LogP contribution >= 0.6 is 18.6 Å². The lowest BCUT2D eigenvalue weighted by molar-refractivity contribution is -0.00000625. The van der Waals surface area contributed by atoms with Gasteiger partial charge in [0.1, 0.15) is 29.3 Å². The van der Waals surface area contributed by atoms with E-state index in [2.05, 4.69) is 91.0 Å². The van der Waals surface area contributed by atoms with Crippen molar-refractivity contribution in [1.82, 2.24) is 9.38 Å². The molecule has 2 heterocycles. The number of benzene rings is 3. The molecule has 5 aromatic rings. The van der Waals surface area contributed by atoms with Gasteiger partial charge in [-0.3, -0.25) is 9.20 Å². The maximum Gasteiger partial charge on any atom is 0.259 e. The summed E-state index contributed by atoms with van der Waals surface area (Å²) in [6.45, 7) is 1.95. The molecule has 160 valence electrons. The van der Waals surface area contributed by atoms with E-state index in [1.165, 1.54) is 27.3 Å². The fraction of sp³-hybridized carbons (Fsp3) is 0.0769. The quantitative estimate of drug-likeness (QED) is 0.361. The number of halogens is 1. The predicted octanol–water partition coefficient (Wildman–Crippen LogP) is 1.56. The molecule has 32 heavy (non-hydrogen) atoms. The van der Waals surface area contributed by atoms with Gasteiger partial charge in [-0.15, -0.1) is 11.3 Å². The fourth-order valence-corrected chi connectivity index (χ4v) is 9.22. The molecular weight excluding hydrogens is 455 g/mol. The van der Waals surface area contributed by atoms with E-state index in [0.29, 0.717) is 6.16 Å². The van der Waals surface area contributed by atoms with Crippen molar-refractivity contribution < 1.29 is 12.4 Å². The number of nitrogens with zero attached hydrogens (tertiary/aromatic N) is 2. The molecule has 6 heteroatoms. The summed E-state index contributed by atoms with van der Waals surface area (Å²) in [6.07, 6.45) is 0.702. The van der Waals surface area contributed by atoms with Crippen LogP contribution < -0.4 is 33.9 Å². The SMILES string of the molecule is Cc1csc2nc(C[P+](c3ccccc3)(c3ccccc3)c3ccccc3)cc(=O)n12.[Cl-]. The lowest BCUT2D eigenvalue weighted by Gasteiger charge is -2.27. The van der Waals surface area contributed by atoms with Gasteiger partial charge in [0.25, 0.3) is 5.56 Å². The summed E-state index contributed by atoms with van der Waals surface area (Å²) in [6, 6.07) is 33.8. The minimum Gasteiger partial charge on any atom is -1.00 e. The van der Waals surface area contributed by atoms with Crippen molar-refractivity contribution in [1.29, 1.82) is 0 Å². The van der Waals surface area contributed by atoms with Crippen molar-refractivity contribution in [2.24, 2.45) is 0 Å². The van der Waals surface area contributed by atoms with Crippen LogP contribution in [-0.4, -0.2) is 9.38 Å². The molecule has 5 rings (SSSR count). The lowest BCUT2D eigenvalue weighted by Crippen LogP contribution is -3.00. The lowest BCUT2D eigenvalue weighted by atomic mass is 10.3. The Morgan fingerprint density at radius 3 is 1.75 bits per heavy atom. The summed E-state index contributed by atoms with van der Waals surface area (Å²) in [4.78, 5) is 18.6. The normalized spacial score (nSPS) is 11.3. The van der Waals surface area contributed by atoms with E-state index < -0.39 is 7.26 Å². The van der Waals surface area contributed by atoms with Crippen LogP contribution in [0.15, 0.2) is 107 Å². The van der Waals surface area contributed by atoms with Gasteiger partial charge < -0.3 is 12.4 Å². The number of aryl methyl sites for hydroxylation is 1. The van der Waals surface area contributed by atoms with Crippen LogP contribution in [0.2, 0.25) is 0 Å². The zero-order chi connectivity index (χ0) is 21.3. The van der Waals surface area contributed by atoms with E-state index >= 15 is 0 Å². The van der Waals surface area contributed by atoms with Crippen LogP contribution in [-0.2, 0) is 6.16 Å². The fourth-order valence-electron chi connectivity index (χ4n) is 4.19. The van der Waals surface area contributed by atoms with E-state index in [-0.39, 0.29) is 18.0 Å². The predicted molar refractivity (Wildman–Crippen MR) is 133 cm³/mol. The molecule has 3 nitrogen and oxygen atoms in total. The Morgan fingerprint density at radius 2 is 1.28 bits per heavy atom. The maximum absolute atomic E-state index is 12.9. The number of rotatable bonds is 5. The van der Waals surface area contributed by atoms with Crippen molar-refractivity contribution in [2.75, 3.05) is 0 Å². The first-order chi connectivity index (χ1) is 15.2. The van der Waals surface area contributed by atoms with Gasteiger partial charge in [0, 0.05) is 17.1 Å². The van der Waals surface area contributed by atoms with Crippen molar-refractivity contribution >= 4 is 39.5 Å².